The Hall–Kier alpha value is -1.57. The lowest BCUT2D eigenvalue weighted by Gasteiger charge is -2.35. The van der Waals surface area contributed by atoms with Crippen molar-refractivity contribution in [1.82, 2.24) is 15.3 Å². The maximum atomic E-state index is 5.86. The fraction of sp³-hybridized carbons (Fsp3) is 0.556. The molecule has 0 bridgehead atoms. The molecule has 0 saturated carbocycles. The third-order valence-electron chi connectivity index (χ3n) is 4.23. The van der Waals surface area contributed by atoms with E-state index >= 15 is 0 Å². The summed E-state index contributed by atoms with van der Waals surface area (Å²) < 4.78 is 11.3. The summed E-state index contributed by atoms with van der Waals surface area (Å²) in [7, 11) is 1.64. The molecule has 3 rings (SSSR count). The Bertz CT molecular complexity index is 663. The number of nitrogens with zero attached hydrogens (tertiary/aromatic N) is 3. The SMILES string of the molecule is COc1ccc(N(Cc2cncs2)C2CCNCC2)nc1OC(C)C.Cl. The molecule has 144 valence electrons. The van der Waals surface area contributed by atoms with E-state index in [0.717, 1.165) is 38.3 Å². The molecule has 2 aromatic heterocycles. The summed E-state index contributed by atoms with van der Waals surface area (Å²) in [4.78, 5) is 12.6. The molecule has 1 fully saturated rings. The van der Waals surface area contributed by atoms with Gasteiger partial charge in [0.25, 0.3) is 5.88 Å². The third kappa shape index (κ3) is 5.22. The van der Waals surface area contributed by atoms with Gasteiger partial charge in [0.1, 0.15) is 5.82 Å². The van der Waals surface area contributed by atoms with Crippen LogP contribution < -0.4 is 19.7 Å². The molecule has 2 aromatic rings. The van der Waals surface area contributed by atoms with Crippen molar-refractivity contribution < 1.29 is 9.47 Å². The first-order valence-corrected chi connectivity index (χ1v) is 9.61. The molecular weight excluding hydrogens is 372 g/mol. The van der Waals surface area contributed by atoms with Gasteiger partial charge in [-0.15, -0.1) is 23.7 Å². The first-order valence-electron chi connectivity index (χ1n) is 8.73. The van der Waals surface area contributed by atoms with E-state index in [-0.39, 0.29) is 18.5 Å². The van der Waals surface area contributed by atoms with Gasteiger partial charge >= 0.3 is 0 Å². The molecule has 0 unspecified atom stereocenters. The number of aromatic nitrogens is 2. The number of pyridine rings is 1. The summed E-state index contributed by atoms with van der Waals surface area (Å²) in [6, 6.07) is 4.42. The smallest absolute Gasteiger partial charge is 0.259 e. The van der Waals surface area contributed by atoms with Crippen LogP contribution in [0.4, 0.5) is 5.82 Å². The minimum atomic E-state index is 0. The number of piperidine rings is 1. The Morgan fingerprint density at radius 1 is 1.31 bits per heavy atom. The van der Waals surface area contributed by atoms with Crippen molar-refractivity contribution in [2.24, 2.45) is 0 Å². The molecule has 26 heavy (non-hydrogen) atoms. The molecule has 3 heterocycles. The minimum Gasteiger partial charge on any atom is -0.491 e. The quantitative estimate of drug-likeness (QED) is 0.770. The highest BCUT2D eigenvalue weighted by atomic mass is 35.5. The average molecular weight is 399 g/mol. The van der Waals surface area contributed by atoms with E-state index in [2.05, 4.69) is 15.2 Å². The fourth-order valence-electron chi connectivity index (χ4n) is 3.04. The van der Waals surface area contributed by atoms with Gasteiger partial charge in [-0.05, 0) is 51.9 Å². The van der Waals surface area contributed by atoms with Crippen LogP contribution in [0.15, 0.2) is 23.8 Å². The second-order valence-corrected chi connectivity index (χ2v) is 7.39. The lowest BCUT2D eigenvalue weighted by atomic mass is 10.0. The molecule has 0 aromatic carbocycles. The first kappa shape index (κ1) is 20.7. The molecule has 0 spiro atoms. The van der Waals surface area contributed by atoms with Crippen LogP contribution in [0.5, 0.6) is 11.6 Å². The number of hydrogen-bond donors (Lipinski definition) is 1. The number of hydrogen-bond acceptors (Lipinski definition) is 7. The van der Waals surface area contributed by atoms with Gasteiger partial charge in [-0.25, -0.2) is 0 Å². The minimum absolute atomic E-state index is 0. The van der Waals surface area contributed by atoms with Crippen LogP contribution in [0.3, 0.4) is 0 Å². The summed E-state index contributed by atoms with van der Waals surface area (Å²) >= 11 is 1.68. The maximum Gasteiger partial charge on any atom is 0.259 e. The van der Waals surface area contributed by atoms with E-state index in [1.807, 2.05) is 37.7 Å². The molecule has 6 nitrogen and oxygen atoms in total. The molecule has 8 heteroatoms. The summed E-state index contributed by atoms with van der Waals surface area (Å²) in [6.07, 6.45) is 4.19. The largest absolute Gasteiger partial charge is 0.491 e. The van der Waals surface area contributed by atoms with Gasteiger partial charge in [0.15, 0.2) is 5.75 Å². The van der Waals surface area contributed by atoms with Gasteiger partial charge in [0.05, 0.1) is 25.3 Å². The molecule has 0 amide bonds. The Balaban J connectivity index is 0.00000243. The van der Waals surface area contributed by atoms with Crippen molar-refractivity contribution in [3.63, 3.8) is 0 Å². The van der Waals surface area contributed by atoms with Gasteiger partial charge in [-0.3, -0.25) is 4.98 Å². The molecule has 1 aliphatic rings. The van der Waals surface area contributed by atoms with Gasteiger partial charge in [-0.2, -0.15) is 4.98 Å². The summed E-state index contributed by atoms with van der Waals surface area (Å²) in [5, 5.41) is 3.43. The lowest BCUT2D eigenvalue weighted by Crippen LogP contribution is -2.43. The van der Waals surface area contributed by atoms with Gasteiger partial charge < -0.3 is 19.7 Å². The number of halogens is 1. The normalized spacial score (nSPS) is 14.8. The van der Waals surface area contributed by atoms with E-state index in [4.69, 9.17) is 14.5 Å². The fourth-order valence-corrected chi connectivity index (χ4v) is 3.64. The van der Waals surface area contributed by atoms with Crippen LogP contribution in [0.2, 0.25) is 0 Å². The Morgan fingerprint density at radius 3 is 2.69 bits per heavy atom. The van der Waals surface area contributed by atoms with Gasteiger partial charge in [0.2, 0.25) is 0 Å². The highest BCUT2D eigenvalue weighted by Gasteiger charge is 2.24. The molecule has 0 aliphatic carbocycles. The van der Waals surface area contributed by atoms with Crippen LogP contribution in [0, 0.1) is 0 Å². The van der Waals surface area contributed by atoms with E-state index in [1.165, 1.54) is 4.88 Å². The summed E-state index contributed by atoms with van der Waals surface area (Å²) in [6.45, 7) is 6.88. The Morgan fingerprint density at radius 2 is 2.08 bits per heavy atom. The second-order valence-electron chi connectivity index (χ2n) is 6.42. The zero-order valence-electron chi connectivity index (χ0n) is 15.5. The highest BCUT2D eigenvalue weighted by molar-refractivity contribution is 7.09. The monoisotopic (exact) mass is 398 g/mol. The lowest BCUT2D eigenvalue weighted by molar-refractivity contribution is 0.220. The average Bonchev–Trinajstić information content (AvgIpc) is 3.13. The van der Waals surface area contributed by atoms with Crippen LogP contribution >= 0.6 is 23.7 Å². The topological polar surface area (TPSA) is 59.5 Å². The third-order valence-corrected chi connectivity index (χ3v) is 5.00. The molecule has 1 saturated heterocycles. The van der Waals surface area contributed by atoms with Crippen molar-refractivity contribution in [1.29, 1.82) is 0 Å². The van der Waals surface area contributed by atoms with Crippen LogP contribution in [-0.2, 0) is 6.54 Å². The number of methoxy groups -OCH3 is 1. The molecular formula is C18H27ClN4O2S. The molecule has 1 N–H and O–H groups in total. The molecule has 0 radical (unpaired) electrons. The molecule has 1 aliphatic heterocycles. The van der Waals surface area contributed by atoms with Gasteiger partial charge in [0, 0.05) is 17.1 Å². The van der Waals surface area contributed by atoms with E-state index in [0.29, 0.717) is 17.7 Å². The van der Waals surface area contributed by atoms with Crippen molar-refractivity contribution in [2.45, 2.75) is 45.4 Å². The molecule has 0 atom stereocenters. The number of nitrogens with one attached hydrogen (secondary N) is 1. The summed E-state index contributed by atoms with van der Waals surface area (Å²) in [5.41, 5.74) is 1.88. The van der Waals surface area contributed by atoms with Crippen LogP contribution in [-0.4, -0.2) is 42.3 Å². The van der Waals surface area contributed by atoms with Crippen LogP contribution in [0.1, 0.15) is 31.6 Å². The van der Waals surface area contributed by atoms with Crippen LogP contribution in [0.25, 0.3) is 0 Å². The standard InChI is InChI=1S/C18H26N4O2S.ClH/c1-13(2)24-18-16(23-3)4-5-17(21-18)22(11-15-10-20-12-25-15)14-6-8-19-9-7-14;/h4-5,10,12-14,19H,6-9,11H2,1-3H3;1H. The van der Waals surface area contributed by atoms with E-state index in [9.17, 15) is 0 Å². The Kier molecular flexibility index (Phi) is 7.93. The zero-order valence-corrected chi connectivity index (χ0v) is 17.1. The van der Waals surface area contributed by atoms with Crippen molar-refractivity contribution in [3.8, 4) is 11.6 Å². The first-order chi connectivity index (χ1) is 12.2. The Labute approximate surface area is 165 Å². The number of anilines is 1. The van der Waals surface area contributed by atoms with Crippen molar-refractivity contribution in [2.75, 3.05) is 25.1 Å². The van der Waals surface area contributed by atoms with Crippen molar-refractivity contribution >= 4 is 29.6 Å². The highest BCUT2D eigenvalue weighted by Crippen LogP contribution is 2.31. The van der Waals surface area contributed by atoms with Crippen molar-refractivity contribution in [3.05, 3.63) is 28.7 Å². The van der Waals surface area contributed by atoms with E-state index < -0.39 is 0 Å². The maximum absolute atomic E-state index is 5.86. The van der Waals surface area contributed by atoms with E-state index in [1.54, 1.807) is 18.4 Å². The summed E-state index contributed by atoms with van der Waals surface area (Å²) in [5.74, 6) is 2.15. The number of thiazole rings is 1. The predicted octanol–water partition coefficient (Wildman–Crippen LogP) is 3.51. The number of ether oxygens (including phenoxy) is 2. The number of rotatable bonds is 7. The van der Waals surface area contributed by atoms with Gasteiger partial charge in [-0.1, -0.05) is 0 Å². The predicted molar refractivity (Wildman–Crippen MR) is 108 cm³/mol. The zero-order chi connectivity index (χ0) is 17.6. The second kappa shape index (κ2) is 9.94.